The predicted molar refractivity (Wildman–Crippen MR) is 126 cm³/mol. The van der Waals surface area contributed by atoms with Crippen molar-refractivity contribution in [3.05, 3.63) is 53.3 Å². The fraction of sp³-hybridized carbons (Fsp3) is 0.429. The van der Waals surface area contributed by atoms with E-state index in [-0.39, 0.29) is 24.0 Å². The monoisotopic (exact) mass is 511 g/mol. The maximum Gasteiger partial charge on any atom is 0.188 e. The molecule has 8 heteroatoms. The van der Waals surface area contributed by atoms with E-state index in [4.69, 9.17) is 15.2 Å². The van der Waals surface area contributed by atoms with Crippen LogP contribution in [-0.4, -0.2) is 56.2 Å². The van der Waals surface area contributed by atoms with Crippen LogP contribution in [0.15, 0.2) is 41.5 Å². The van der Waals surface area contributed by atoms with Gasteiger partial charge < -0.3 is 20.5 Å². The van der Waals surface area contributed by atoms with Gasteiger partial charge in [-0.15, -0.1) is 24.0 Å². The van der Waals surface area contributed by atoms with Gasteiger partial charge in [-0.1, -0.05) is 6.07 Å². The van der Waals surface area contributed by atoms with Crippen molar-refractivity contribution in [3.63, 3.8) is 0 Å². The van der Waals surface area contributed by atoms with Gasteiger partial charge in [0.15, 0.2) is 17.5 Å². The second-order valence-electron chi connectivity index (χ2n) is 6.77. The number of methoxy groups -OCH3 is 2. The second kappa shape index (κ2) is 11.8. The van der Waals surface area contributed by atoms with Crippen LogP contribution in [0.4, 0.5) is 0 Å². The number of benzene rings is 1. The fourth-order valence-corrected chi connectivity index (χ4v) is 3.36. The highest BCUT2D eigenvalue weighted by Crippen LogP contribution is 2.33. The molecule has 0 spiro atoms. The van der Waals surface area contributed by atoms with Gasteiger partial charge in [-0.05, 0) is 41.8 Å². The third-order valence-electron chi connectivity index (χ3n) is 4.91. The minimum atomic E-state index is 0. The molecular formula is C21H30IN5O2. The van der Waals surface area contributed by atoms with Gasteiger partial charge >= 0.3 is 0 Å². The summed E-state index contributed by atoms with van der Waals surface area (Å²) >= 11 is 0. The molecule has 0 radical (unpaired) electrons. The lowest BCUT2D eigenvalue weighted by Gasteiger charge is -2.29. The highest BCUT2D eigenvalue weighted by atomic mass is 127. The molecule has 2 heterocycles. The van der Waals surface area contributed by atoms with Gasteiger partial charge in [-0.25, -0.2) is 0 Å². The molecule has 29 heavy (non-hydrogen) atoms. The topological polar surface area (TPSA) is 85.0 Å². The SMILES string of the molecule is COc1cc2c(cc1OC)CN(CCN=C(N)NCCc1ccccn1)CC2.I. The number of nitrogens with zero attached hydrogens (tertiary/aromatic N) is 3. The Hall–Kier alpha value is -2.07. The fourth-order valence-electron chi connectivity index (χ4n) is 3.36. The van der Waals surface area contributed by atoms with Crippen LogP contribution in [0.3, 0.4) is 0 Å². The van der Waals surface area contributed by atoms with E-state index in [0.717, 1.165) is 56.2 Å². The second-order valence-corrected chi connectivity index (χ2v) is 6.77. The lowest BCUT2D eigenvalue weighted by Crippen LogP contribution is -2.36. The molecule has 2 aromatic rings. The number of hydrogen-bond acceptors (Lipinski definition) is 5. The van der Waals surface area contributed by atoms with E-state index in [9.17, 15) is 0 Å². The van der Waals surface area contributed by atoms with Crippen molar-refractivity contribution in [2.45, 2.75) is 19.4 Å². The third-order valence-corrected chi connectivity index (χ3v) is 4.91. The summed E-state index contributed by atoms with van der Waals surface area (Å²) in [6.45, 7) is 4.16. The van der Waals surface area contributed by atoms with E-state index in [1.807, 2.05) is 18.2 Å². The van der Waals surface area contributed by atoms with E-state index in [2.05, 4.69) is 32.3 Å². The van der Waals surface area contributed by atoms with Gasteiger partial charge in [-0.2, -0.15) is 0 Å². The number of guanidine groups is 1. The minimum absolute atomic E-state index is 0. The van der Waals surface area contributed by atoms with Crippen molar-refractivity contribution in [2.75, 3.05) is 40.4 Å². The molecule has 0 fully saturated rings. The zero-order valence-electron chi connectivity index (χ0n) is 17.1. The number of rotatable bonds is 8. The molecule has 0 atom stereocenters. The zero-order valence-corrected chi connectivity index (χ0v) is 19.4. The van der Waals surface area contributed by atoms with Gasteiger partial charge in [0.25, 0.3) is 0 Å². The van der Waals surface area contributed by atoms with Crippen molar-refractivity contribution >= 4 is 29.9 Å². The first-order chi connectivity index (χ1) is 13.7. The van der Waals surface area contributed by atoms with Crippen molar-refractivity contribution in [1.82, 2.24) is 15.2 Å². The van der Waals surface area contributed by atoms with E-state index < -0.39 is 0 Å². The van der Waals surface area contributed by atoms with E-state index in [0.29, 0.717) is 12.5 Å². The number of aliphatic imine (C=N–C) groups is 1. The Balaban J connectivity index is 0.00000300. The summed E-state index contributed by atoms with van der Waals surface area (Å²) in [5, 5.41) is 3.15. The number of pyridine rings is 1. The molecule has 0 saturated carbocycles. The summed E-state index contributed by atoms with van der Waals surface area (Å²) in [5.41, 5.74) is 9.63. The smallest absolute Gasteiger partial charge is 0.188 e. The van der Waals surface area contributed by atoms with Crippen LogP contribution in [0.2, 0.25) is 0 Å². The first kappa shape index (κ1) is 23.2. The Bertz CT molecular complexity index is 801. The Morgan fingerprint density at radius 1 is 1.21 bits per heavy atom. The summed E-state index contributed by atoms with van der Waals surface area (Å²) < 4.78 is 10.8. The van der Waals surface area contributed by atoms with E-state index >= 15 is 0 Å². The van der Waals surface area contributed by atoms with Crippen LogP contribution in [-0.2, 0) is 19.4 Å². The number of nitrogens with two attached hydrogens (primary N) is 1. The number of fused-ring (bicyclic) bond motifs is 1. The summed E-state index contributed by atoms with van der Waals surface area (Å²) in [5.74, 6) is 2.06. The highest BCUT2D eigenvalue weighted by Gasteiger charge is 2.19. The van der Waals surface area contributed by atoms with Crippen molar-refractivity contribution in [2.24, 2.45) is 10.7 Å². The molecule has 0 aliphatic carbocycles. The molecule has 7 nitrogen and oxygen atoms in total. The number of nitrogens with one attached hydrogen (secondary N) is 1. The number of aromatic nitrogens is 1. The first-order valence-corrected chi connectivity index (χ1v) is 9.59. The predicted octanol–water partition coefficient (Wildman–Crippen LogP) is 2.22. The number of halogens is 1. The lowest BCUT2D eigenvalue weighted by atomic mass is 9.99. The van der Waals surface area contributed by atoms with Crippen LogP contribution in [0.1, 0.15) is 16.8 Å². The first-order valence-electron chi connectivity index (χ1n) is 9.59. The number of hydrogen-bond donors (Lipinski definition) is 2. The molecule has 0 unspecified atom stereocenters. The molecule has 1 aliphatic rings. The Morgan fingerprint density at radius 2 is 1.97 bits per heavy atom. The van der Waals surface area contributed by atoms with Crippen LogP contribution < -0.4 is 20.5 Å². The molecule has 3 N–H and O–H groups in total. The molecule has 0 saturated heterocycles. The maximum absolute atomic E-state index is 5.97. The molecule has 0 amide bonds. The quantitative estimate of drug-likeness (QED) is 0.321. The zero-order chi connectivity index (χ0) is 19.8. The molecule has 1 aromatic carbocycles. The summed E-state index contributed by atoms with van der Waals surface area (Å²) in [6, 6.07) is 10.1. The molecule has 1 aromatic heterocycles. The summed E-state index contributed by atoms with van der Waals surface area (Å²) in [6.07, 6.45) is 3.62. The van der Waals surface area contributed by atoms with E-state index in [1.54, 1.807) is 20.4 Å². The highest BCUT2D eigenvalue weighted by molar-refractivity contribution is 14.0. The average molecular weight is 511 g/mol. The number of ether oxygens (including phenoxy) is 2. The van der Waals surface area contributed by atoms with Gasteiger partial charge in [-0.3, -0.25) is 14.9 Å². The maximum atomic E-state index is 5.97. The van der Waals surface area contributed by atoms with Crippen molar-refractivity contribution < 1.29 is 9.47 Å². The van der Waals surface area contributed by atoms with Gasteiger partial charge in [0.05, 0.1) is 20.8 Å². The van der Waals surface area contributed by atoms with Gasteiger partial charge in [0.1, 0.15) is 0 Å². The van der Waals surface area contributed by atoms with Crippen LogP contribution in [0.25, 0.3) is 0 Å². The van der Waals surface area contributed by atoms with Gasteiger partial charge in [0, 0.05) is 44.5 Å². The molecule has 3 rings (SSSR count). The third kappa shape index (κ3) is 6.74. The summed E-state index contributed by atoms with van der Waals surface area (Å²) in [7, 11) is 3.34. The minimum Gasteiger partial charge on any atom is -0.493 e. The van der Waals surface area contributed by atoms with E-state index in [1.165, 1.54) is 11.1 Å². The average Bonchev–Trinajstić information content (AvgIpc) is 2.73. The Morgan fingerprint density at radius 3 is 2.66 bits per heavy atom. The van der Waals surface area contributed by atoms with Crippen LogP contribution in [0, 0.1) is 0 Å². The largest absolute Gasteiger partial charge is 0.493 e. The summed E-state index contributed by atoms with van der Waals surface area (Å²) in [4.78, 5) is 11.1. The van der Waals surface area contributed by atoms with Crippen LogP contribution in [0.5, 0.6) is 11.5 Å². The Kier molecular flexibility index (Phi) is 9.46. The molecule has 0 bridgehead atoms. The molecular weight excluding hydrogens is 481 g/mol. The normalized spacial score (nSPS) is 13.9. The van der Waals surface area contributed by atoms with Gasteiger partial charge in [0.2, 0.25) is 0 Å². The molecule has 1 aliphatic heterocycles. The standard InChI is InChI=1S/C21H29N5O2.HI/c1-27-19-13-16-7-11-26(15-17(16)14-20(19)28-2)12-10-25-21(22)24-9-6-18-5-3-4-8-23-18;/h3-5,8,13-14H,6-7,9-12,15H2,1-2H3,(H3,22,24,25);1H. The Labute approximate surface area is 189 Å². The van der Waals surface area contributed by atoms with Crippen molar-refractivity contribution in [3.8, 4) is 11.5 Å². The molecule has 158 valence electrons. The van der Waals surface area contributed by atoms with Crippen LogP contribution >= 0.6 is 24.0 Å². The van der Waals surface area contributed by atoms with Crippen molar-refractivity contribution in [1.29, 1.82) is 0 Å². The lowest BCUT2D eigenvalue weighted by molar-refractivity contribution is 0.260.